The summed E-state index contributed by atoms with van der Waals surface area (Å²) in [5, 5.41) is 2.92. The summed E-state index contributed by atoms with van der Waals surface area (Å²) in [6.45, 7) is 2.67. The van der Waals surface area contributed by atoms with Crippen LogP contribution in [-0.4, -0.2) is 23.4 Å². The van der Waals surface area contributed by atoms with Crippen molar-refractivity contribution in [3.8, 4) is 5.75 Å². The number of nitrogens with one attached hydrogen (secondary N) is 1. The average molecular weight is 322 g/mol. The Morgan fingerprint density at radius 1 is 1.17 bits per heavy atom. The lowest BCUT2D eigenvalue weighted by atomic mass is 9.84. The molecule has 3 amide bonds. The van der Waals surface area contributed by atoms with Crippen molar-refractivity contribution in [3.63, 3.8) is 0 Å². The van der Waals surface area contributed by atoms with E-state index < -0.39 is 5.54 Å². The Bertz CT molecular complexity index is 833. The number of para-hydroxylation sites is 1. The number of imide groups is 1. The monoisotopic (exact) mass is 322 g/mol. The highest BCUT2D eigenvalue weighted by Gasteiger charge is 2.54. The van der Waals surface area contributed by atoms with Gasteiger partial charge in [0.2, 0.25) is 0 Å². The number of nitrogens with zero attached hydrogens (tertiary/aromatic N) is 1. The van der Waals surface area contributed by atoms with Crippen molar-refractivity contribution < 1.29 is 14.3 Å². The Hall–Kier alpha value is -2.82. The number of rotatable bonds is 2. The molecule has 2 aliphatic rings. The van der Waals surface area contributed by atoms with Gasteiger partial charge in [0.05, 0.1) is 13.2 Å². The lowest BCUT2D eigenvalue weighted by Gasteiger charge is -2.33. The Balaban J connectivity index is 1.70. The van der Waals surface area contributed by atoms with E-state index in [0.717, 1.165) is 16.7 Å². The molecule has 2 aromatic carbocycles. The number of carbonyl (C=O) groups excluding carboxylic acids is 2. The van der Waals surface area contributed by atoms with Crippen LogP contribution in [0.5, 0.6) is 5.75 Å². The van der Waals surface area contributed by atoms with E-state index >= 15 is 0 Å². The van der Waals surface area contributed by atoms with Gasteiger partial charge in [-0.2, -0.15) is 0 Å². The first-order chi connectivity index (χ1) is 11.6. The SMILES string of the molecule is Cc1cccc(CN2C(=O)N[C@@]3(CCOc4ccccc43)C2=O)c1. The van der Waals surface area contributed by atoms with Crippen molar-refractivity contribution in [1.29, 1.82) is 0 Å². The molecule has 1 saturated heterocycles. The van der Waals surface area contributed by atoms with Gasteiger partial charge in [-0.15, -0.1) is 0 Å². The summed E-state index contributed by atoms with van der Waals surface area (Å²) < 4.78 is 5.64. The second-order valence-electron chi connectivity index (χ2n) is 6.31. The quantitative estimate of drug-likeness (QED) is 0.865. The number of fused-ring (bicyclic) bond motifs is 2. The zero-order valence-electron chi connectivity index (χ0n) is 13.4. The fourth-order valence-corrected chi connectivity index (χ4v) is 3.51. The third kappa shape index (κ3) is 2.16. The zero-order chi connectivity index (χ0) is 16.7. The highest BCUT2D eigenvalue weighted by molar-refractivity contribution is 6.07. The number of aryl methyl sites for hydroxylation is 1. The minimum atomic E-state index is -1.00. The number of ether oxygens (including phenoxy) is 1. The van der Waals surface area contributed by atoms with Crippen LogP contribution < -0.4 is 10.1 Å². The van der Waals surface area contributed by atoms with E-state index in [1.165, 1.54) is 4.90 Å². The lowest BCUT2D eigenvalue weighted by Crippen LogP contribution is -2.47. The molecule has 4 rings (SSSR count). The van der Waals surface area contributed by atoms with E-state index in [1.54, 1.807) is 0 Å². The highest BCUT2D eigenvalue weighted by Crippen LogP contribution is 2.41. The van der Waals surface area contributed by atoms with Crippen LogP contribution in [0.1, 0.15) is 23.1 Å². The summed E-state index contributed by atoms with van der Waals surface area (Å²) in [6.07, 6.45) is 0.443. The van der Waals surface area contributed by atoms with Crippen LogP contribution in [0.2, 0.25) is 0 Å². The van der Waals surface area contributed by atoms with Gasteiger partial charge < -0.3 is 10.1 Å². The van der Waals surface area contributed by atoms with Gasteiger partial charge in [-0.25, -0.2) is 4.79 Å². The summed E-state index contributed by atoms with van der Waals surface area (Å²) in [5.41, 5.74) is 1.78. The largest absolute Gasteiger partial charge is 0.493 e. The molecule has 0 saturated carbocycles. The van der Waals surface area contributed by atoms with Crippen LogP contribution in [0, 0.1) is 6.92 Å². The van der Waals surface area contributed by atoms with E-state index in [1.807, 2.05) is 55.5 Å². The van der Waals surface area contributed by atoms with Crippen LogP contribution in [-0.2, 0) is 16.9 Å². The van der Waals surface area contributed by atoms with Gasteiger partial charge in [-0.1, -0.05) is 48.0 Å². The van der Waals surface area contributed by atoms with Crippen molar-refractivity contribution in [2.24, 2.45) is 0 Å². The topological polar surface area (TPSA) is 58.6 Å². The minimum absolute atomic E-state index is 0.204. The predicted octanol–water partition coefficient (Wildman–Crippen LogP) is 2.72. The van der Waals surface area contributed by atoms with E-state index in [0.29, 0.717) is 18.8 Å². The highest BCUT2D eigenvalue weighted by atomic mass is 16.5. The zero-order valence-corrected chi connectivity index (χ0v) is 13.4. The predicted molar refractivity (Wildman–Crippen MR) is 88.5 cm³/mol. The maximum absolute atomic E-state index is 13.1. The first-order valence-corrected chi connectivity index (χ1v) is 8.02. The number of hydrogen-bond acceptors (Lipinski definition) is 3. The summed E-state index contributed by atoms with van der Waals surface area (Å²) >= 11 is 0. The number of benzene rings is 2. The maximum atomic E-state index is 13.1. The Morgan fingerprint density at radius 3 is 2.83 bits per heavy atom. The standard InChI is InChI=1S/C19H18N2O3/c1-13-5-4-6-14(11-13)12-21-17(22)19(20-18(21)23)9-10-24-16-8-3-2-7-15(16)19/h2-8,11H,9-10,12H2,1H3,(H,20,23)/t19-/m1/s1. The molecule has 2 aromatic rings. The molecule has 1 N–H and O–H groups in total. The van der Waals surface area contributed by atoms with E-state index in [-0.39, 0.29) is 18.5 Å². The first kappa shape index (κ1) is 14.8. The Kier molecular flexibility index (Phi) is 3.30. The van der Waals surface area contributed by atoms with Gasteiger partial charge in [0.15, 0.2) is 5.54 Å². The van der Waals surface area contributed by atoms with Crippen molar-refractivity contribution in [1.82, 2.24) is 10.2 Å². The molecule has 2 aliphatic heterocycles. The summed E-state index contributed by atoms with van der Waals surface area (Å²) in [6, 6.07) is 14.9. The maximum Gasteiger partial charge on any atom is 0.325 e. The van der Waals surface area contributed by atoms with Gasteiger partial charge in [0.25, 0.3) is 5.91 Å². The molecule has 1 fully saturated rings. The number of hydrogen-bond donors (Lipinski definition) is 1. The van der Waals surface area contributed by atoms with Crippen molar-refractivity contribution in [2.45, 2.75) is 25.4 Å². The molecule has 5 nitrogen and oxygen atoms in total. The molecular formula is C19H18N2O3. The molecule has 122 valence electrons. The van der Waals surface area contributed by atoms with Gasteiger partial charge in [-0.05, 0) is 18.6 Å². The second kappa shape index (κ2) is 5.37. The van der Waals surface area contributed by atoms with Crippen LogP contribution in [0.3, 0.4) is 0 Å². The van der Waals surface area contributed by atoms with Crippen molar-refractivity contribution in [3.05, 3.63) is 65.2 Å². The van der Waals surface area contributed by atoms with E-state index in [2.05, 4.69) is 5.32 Å². The normalized spacial score (nSPS) is 22.3. The van der Waals surface area contributed by atoms with Crippen molar-refractivity contribution >= 4 is 11.9 Å². The summed E-state index contributed by atoms with van der Waals surface area (Å²) in [4.78, 5) is 26.9. The Labute approximate surface area is 140 Å². The Morgan fingerprint density at radius 2 is 2.00 bits per heavy atom. The average Bonchev–Trinajstić information content (AvgIpc) is 2.80. The third-order valence-electron chi connectivity index (χ3n) is 4.68. The van der Waals surface area contributed by atoms with Gasteiger partial charge in [-0.3, -0.25) is 9.69 Å². The minimum Gasteiger partial charge on any atom is -0.493 e. The van der Waals surface area contributed by atoms with Crippen LogP contribution in [0.15, 0.2) is 48.5 Å². The number of carbonyl (C=O) groups is 2. The van der Waals surface area contributed by atoms with E-state index in [4.69, 9.17) is 4.74 Å². The summed E-state index contributed by atoms with van der Waals surface area (Å²) in [5.74, 6) is 0.458. The number of urea groups is 1. The molecule has 2 heterocycles. The molecule has 0 aliphatic carbocycles. The molecule has 5 heteroatoms. The van der Waals surface area contributed by atoms with Crippen LogP contribution in [0.25, 0.3) is 0 Å². The fraction of sp³-hybridized carbons (Fsp3) is 0.263. The first-order valence-electron chi connectivity index (χ1n) is 8.02. The van der Waals surface area contributed by atoms with Crippen LogP contribution in [0.4, 0.5) is 4.79 Å². The fourth-order valence-electron chi connectivity index (χ4n) is 3.51. The van der Waals surface area contributed by atoms with Crippen LogP contribution >= 0.6 is 0 Å². The number of amides is 3. The summed E-state index contributed by atoms with van der Waals surface area (Å²) in [7, 11) is 0. The van der Waals surface area contributed by atoms with Gasteiger partial charge in [0.1, 0.15) is 5.75 Å². The van der Waals surface area contributed by atoms with Crippen molar-refractivity contribution in [2.75, 3.05) is 6.61 Å². The molecule has 0 unspecified atom stereocenters. The van der Waals surface area contributed by atoms with Gasteiger partial charge in [0, 0.05) is 12.0 Å². The van der Waals surface area contributed by atoms with E-state index in [9.17, 15) is 9.59 Å². The molecular weight excluding hydrogens is 304 g/mol. The molecule has 24 heavy (non-hydrogen) atoms. The smallest absolute Gasteiger partial charge is 0.325 e. The molecule has 1 spiro atoms. The lowest BCUT2D eigenvalue weighted by molar-refractivity contribution is -0.133. The molecule has 0 aromatic heterocycles. The third-order valence-corrected chi connectivity index (χ3v) is 4.68. The second-order valence-corrected chi connectivity index (χ2v) is 6.31. The molecule has 1 atom stereocenters. The molecule has 0 bridgehead atoms. The molecule has 0 radical (unpaired) electrons. The van der Waals surface area contributed by atoms with Gasteiger partial charge >= 0.3 is 6.03 Å².